The third-order valence-electron chi connectivity index (χ3n) is 2.26. The molecule has 0 aliphatic heterocycles. The zero-order valence-corrected chi connectivity index (χ0v) is 9.70. The predicted molar refractivity (Wildman–Crippen MR) is 59.4 cm³/mol. The number of hydrogen-bond acceptors (Lipinski definition) is 2. The second-order valence-corrected chi connectivity index (χ2v) is 9.47. The first kappa shape index (κ1) is 9.34. The van der Waals surface area contributed by atoms with Crippen molar-refractivity contribution in [2.45, 2.75) is 19.6 Å². The maximum atomic E-state index is 5.38. The van der Waals surface area contributed by atoms with E-state index in [0.29, 0.717) is 0 Å². The standard InChI is InChI=1S/C11H14O2Si/c1-14(2,3)11-8-12-7-9(11)10-5-4-6-13-10/h4-8H,1-3H3. The molecular weight excluding hydrogens is 192 g/mol. The van der Waals surface area contributed by atoms with Gasteiger partial charge in [0.2, 0.25) is 0 Å². The highest BCUT2D eigenvalue weighted by Crippen LogP contribution is 2.21. The SMILES string of the molecule is C[Si](C)(C)c1cocc1-c1ccco1. The summed E-state index contributed by atoms with van der Waals surface area (Å²) < 4.78 is 10.6. The minimum Gasteiger partial charge on any atom is -0.472 e. The van der Waals surface area contributed by atoms with Crippen molar-refractivity contribution in [3.63, 3.8) is 0 Å². The average Bonchev–Trinajstić information content (AvgIpc) is 2.73. The average molecular weight is 206 g/mol. The summed E-state index contributed by atoms with van der Waals surface area (Å²) >= 11 is 0. The fourth-order valence-electron chi connectivity index (χ4n) is 1.50. The molecule has 0 aliphatic rings. The molecule has 0 radical (unpaired) electrons. The van der Waals surface area contributed by atoms with Crippen molar-refractivity contribution >= 4 is 13.3 Å². The normalized spacial score (nSPS) is 11.9. The summed E-state index contributed by atoms with van der Waals surface area (Å²) in [6.07, 6.45) is 5.31. The second kappa shape index (κ2) is 3.17. The van der Waals surface area contributed by atoms with Crippen LogP contribution in [0.25, 0.3) is 11.3 Å². The molecule has 0 fully saturated rings. The Labute approximate surface area is 84.6 Å². The van der Waals surface area contributed by atoms with Crippen molar-refractivity contribution in [1.29, 1.82) is 0 Å². The van der Waals surface area contributed by atoms with Gasteiger partial charge in [-0.15, -0.1) is 0 Å². The first-order valence-corrected chi connectivity index (χ1v) is 8.19. The van der Waals surface area contributed by atoms with Gasteiger partial charge in [-0.2, -0.15) is 0 Å². The molecule has 2 nitrogen and oxygen atoms in total. The molecule has 0 bridgehead atoms. The molecule has 0 N–H and O–H groups in total. The van der Waals surface area contributed by atoms with Crippen LogP contribution in [-0.4, -0.2) is 8.07 Å². The van der Waals surface area contributed by atoms with E-state index in [4.69, 9.17) is 8.83 Å². The van der Waals surface area contributed by atoms with E-state index in [1.165, 1.54) is 5.19 Å². The van der Waals surface area contributed by atoms with Gasteiger partial charge >= 0.3 is 0 Å². The van der Waals surface area contributed by atoms with E-state index in [2.05, 4.69) is 19.6 Å². The van der Waals surface area contributed by atoms with E-state index < -0.39 is 8.07 Å². The van der Waals surface area contributed by atoms with E-state index in [0.717, 1.165) is 11.3 Å². The van der Waals surface area contributed by atoms with Gasteiger partial charge in [0, 0.05) is 0 Å². The fraction of sp³-hybridized carbons (Fsp3) is 0.273. The Hall–Kier alpha value is -1.22. The Balaban J connectivity index is 2.51. The van der Waals surface area contributed by atoms with Crippen molar-refractivity contribution in [3.05, 3.63) is 30.9 Å². The Morgan fingerprint density at radius 2 is 1.93 bits per heavy atom. The van der Waals surface area contributed by atoms with Crippen LogP contribution in [0, 0.1) is 0 Å². The van der Waals surface area contributed by atoms with Crippen molar-refractivity contribution in [1.82, 2.24) is 0 Å². The summed E-state index contributed by atoms with van der Waals surface area (Å²) in [7, 11) is -1.34. The van der Waals surface area contributed by atoms with Gasteiger partial charge in [-0.25, -0.2) is 0 Å². The lowest BCUT2D eigenvalue weighted by atomic mass is 10.3. The van der Waals surface area contributed by atoms with Crippen LogP contribution in [0.5, 0.6) is 0 Å². The van der Waals surface area contributed by atoms with Crippen LogP contribution in [0.3, 0.4) is 0 Å². The van der Waals surface area contributed by atoms with Crippen LogP contribution in [0.15, 0.2) is 39.8 Å². The summed E-state index contributed by atoms with van der Waals surface area (Å²) in [5.41, 5.74) is 1.11. The molecule has 14 heavy (non-hydrogen) atoms. The Morgan fingerprint density at radius 3 is 2.50 bits per heavy atom. The van der Waals surface area contributed by atoms with Crippen molar-refractivity contribution in [3.8, 4) is 11.3 Å². The van der Waals surface area contributed by atoms with Gasteiger partial charge in [-0.1, -0.05) is 19.6 Å². The van der Waals surface area contributed by atoms with Gasteiger partial charge in [-0.3, -0.25) is 0 Å². The van der Waals surface area contributed by atoms with Gasteiger partial charge in [0.15, 0.2) is 0 Å². The van der Waals surface area contributed by atoms with Crippen molar-refractivity contribution in [2.24, 2.45) is 0 Å². The van der Waals surface area contributed by atoms with Gasteiger partial charge in [-0.05, 0) is 17.3 Å². The number of rotatable bonds is 2. The molecule has 0 amide bonds. The molecule has 0 atom stereocenters. The largest absolute Gasteiger partial charge is 0.472 e. The van der Waals surface area contributed by atoms with Gasteiger partial charge in [0.1, 0.15) is 12.0 Å². The molecular formula is C11H14O2Si. The molecule has 2 aromatic heterocycles. The molecule has 0 aliphatic carbocycles. The quantitative estimate of drug-likeness (QED) is 0.706. The van der Waals surface area contributed by atoms with Gasteiger partial charge in [0.05, 0.1) is 26.2 Å². The molecule has 0 saturated heterocycles. The van der Waals surface area contributed by atoms with E-state index >= 15 is 0 Å². The monoisotopic (exact) mass is 206 g/mol. The molecule has 0 unspecified atom stereocenters. The first-order chi connectivity index (χ1) is 6.59. The molecule has 3 heteroatoms. The van der Waals surface area contributed by atoms with Crippen LogP contribution in [0.2, 0.25) is 19.6 Å². The minimum atomic E-state index is -1.34. The highest BCUT2D eigenvalue weighted by atomic mass is 28.3. The smallest absolute Gasteiger partial charge is 0.136 e. The minimum absolute atomic E-state index is 0.899. The zero-order valence-electron chi connectivity index (χ0n) is 8.70. The van der Waals surface area contributed by atoms with Crippen molar-refractivity contribution in [2.75, 3.05) is 0 Å². The lowest BCUT2D eigenvalue weighted by molar-refractivity contribution is 0.561. The zero-order chi connectivity index (χ0) is 10.2. The van der Waals surface area contributed by atoms with Crippen molar-refractivity contribution < 1.29 is 8.83 Å². The second-order valence-electron chi connectivity index (χ2n) is 4.43. The summed E-state index contributed by atoms with van der Waals surface area (Å²) in [4.78, 5) is 0. The van der Waals surface area contributed by atoms with E-state index in [1.807, 2.05) is 18.4 Å². The lowest BCUT2D eigenvalue weighted by Gasteiger charge is -2.14. The Bertz CT molecular complexity index is 407. The molecule has 2 rings (SSSR count). The molecule has 0 spiro atoms. The molecule has 74 valence electrons. The maximum absolute atomic E-state index is 5.38. The van der Waals surface area contributed by atoms with Gasteiger partial charge < -0.3 is 8.83 Å². The van der Waals surface area contributed by atoms with Gasteiger partial charge in [0.25, 0.3) is 0 Å². The topological polar surface area (TPSA) is 26.3 Å². The molecule has 0 saturated carbocycles. The summed E-state index contributed by atoms with van der Waals surface area (Å²) in [6.45, 7) is 6.89. The first-order valence-electron chi connectivity index (χ1n) is 4.69. The van der Waals surface area contributed by atoms with Crippen LogP contribution >= 0.6 is 0 Å². The summed E-state index contributed by atoms with van der Waals surface area (Å²) in [6, 6.07) is 3.87. The maximum Gasteiger partial charge on any atom is 0.136 e. The highest BCUT2D eigenvalue weighted by molar-refractivity contribution is 6.89. The molecule has 2 aromatic rings. The number of hydrogen-bond donors (Lipinski definition) is 0. The molecule has 2 heterocycles. The van der Waals surface area contributed by atoms with Crippen LogP contribution in [0.4, 0.5) is 0 Å². The number of furan rings is 2. The fourth-order valence-corrected chi connectivity index (χ4v) is 2.91. The Kier molecular flexibility index (Phi) is 2.11. The van der Waals surface area contributed by atoms with Crippen LogP contribution in [-0.2, 0) is 0 Å². The third-order valence-corrected chi connectivity index (χ3v) is 4.26. The van der Waals surface area contributed by atoms with E-state index in [-0.39, 0.29) is 0 Å². The van der Waals surface area contributed by atoms with Crippen LogP contribution in [0.1, 0.15) is 0 Å². The summed E-state index contributed by atoms with van der Waals surface area (Å²) in [5.74, 6) is 0.899. The molecule has 0 aromatic carbocycles. The highest BCUT2D eigenvalue weighted by Gasteiger charge is 2.23. The predicted octanol–water partition coefficient (Wildman–Crippen LogP) is 3.08. The van der Waals surface area contributed by atoms with Crippen LogP contribution < -0.4 is 5.19 Å². The Morgan fingerprint density at radius 1 is 1.14 bits per heavy atom. The third kappa shape index (κ3) is 1.55. The van der Waals surface area contributed by atoms with E-state index in [9.17, 15) is 0 Å². The summed E-state index contributed by atoms with van der Waals surface area (Å²) in [5, 5.41) is 1.31. The lowest BCUT2D eigenvalue weighted by Crippen LogP contribution is -2.37. The van der Waals surface area contributed by atoms with E-state index in [1.54, 1.807) is 12.5 Å².